The first-order chi connectivity index (χ1) is 12.4. The Labute approximate surface area is 152 Å². The van der Waals surface area contributed by atoms with Crippen LogP contribution in [0.2, 0.25) is 0 Å². The second-order valence-electron chi connectivity index (χ2n) is 7.65. The molecule has 0 amide bonds. The van der Waals surface area contributed by atoms with Gasteiger partial charge in [-0.05, 0) is 19.9 Å². The number of esters is 1. The highest BCUT2D eigenvalue weighted by Gasteiger charge is 2.57. The number of carbonyl (C=O) groups excluding carboxylic acids is 1. The van der Waals surface area contributed by atoms with Crippen LogP contribution < -0.4 is 0 Å². The van der Waals surface area contributed by atoms with Crippen LogP contribution in [0.1, 0.15) is 13.3 Å². The maximum atomic E-state index is 12.3. The molecule has 4 aliphatic heterocycles. The van der Waals surface area contributed by atoms with Gasteiger partial charge < -0.3 is 29.0 Å². The summed E-state index contributed by atoms with van der Waals surface area (Å²) in [4.78, 5) is 14.2. The van der Waals surface area contributed by atoms with E-state index in [1.807, 2.05) is 11.0 Å². The van der Waals surface area contributed by atoms with Crippen molar-refractivity contribution < 1.29 is 28.8 Å². The third-order valence-corrected chi connectivity index (χ3v) is 5.74. The minimum Gasteiger partial charge on any atom is -0.465 e. The maximum Gasteiger partial charge on any atom is 0.318 e. The predicted molar refractivity (Wildman–Crippen MR) is 91.4 cm³/mol. The number of likely N-dealkylation sites (tertiary alicyclic amines) is 1. The van der Waals surface area contributed by atoms with E-state index in [0.717, 1.165) is 5.70 Å². The first-order valence-corrected chi connectivity index (χ1v) is 9.00. The molecule has 5 unspecified atom stereocenters. The Balaban J connectivity index is 1.25. The van der Waals surface area contributed by atoms with Crippen molar-refractivity contribution in [2.45, 2.75) is 31.8 Å². The van der Waals surface area contributed by atoms with Crippen LogP contribution in [0.4, 0.5) is 0 Å². The molecule has 7 heteroatoms. The number of fused-ring (bicyclic) bond motifs is 5. The zero-order chi connectivity index (χ0) is 18.5. The van der Waals surface area contributed by atoms with E-state index in [0.29, 0.717) is 13.0 Å². The molecule has 7 nitrogen and oxygen atoms in total. The zero-order valence-electron chi connectivity index (χ0n) is 14.9. The molecule has 0 aromatic heterocycles. The summed E-state index contributed by atoms with van der Waals surface area (Å²) in [6, 6.07) is 0. The Morgan fingerprint density at radius 1 is 1.35 bits per heavy atom. The van der Waals surface area contributed by atoms with Crippen molar-refractivity contribution in [1.29, 1.82) is 0 Å². The molecule has 4 heterocycles. The third-order valence-electron chi connectivity index (χ3n) is 5.74. The van der Waals surface area contributed by atoms with Gasteiger partial charge in [0, 0.05) is 24.1 Å². The van der Waals surface area contributed by atoms with Gasteiger partial charge in [-0.3, -0.25) is 4.79 Å². The normalized spacial score (nSPS) is 36.7. The summed E-state index contributed by atoms with van der Waals surface area (Å²) in [7, 11) is 0. The summed E-state index contributed by atoms with van der Waals surface area (Å²) >= 11 is 0. The molecule has 142 valence electrons. The summed E-state index contributed by atoms with van der Waals surface area (Å²) < 4.78 is 21.6. The number of aliphatic hydroxyl groups excluding tert-OH is 1. The molecule has 0 saturated carbocycles. The lowest BCUT2D eigenvalue weighted by atomic mass is 9.84. The molecule has 0 aromatic rings. The number of ether oxygens (including phenoxy) is 4. The highest BCUT2D eigenvalue weighted by Crippen LogP contribution is 2.50. The summed E-state index contributed by atoms with van der Waals surface area (Å²) in [5, 5.41) is 10.6. The van der Waals surface area contributed by atoms with Gasteiger partial charge in [-0.25, -0.2) is 0 Å². The smallest absolute Gasteiger partial charge is 0.318 e. The summed E-state index contributed by atoms with van der Waals surface area (Å²) in [5.41, 5.74) is 0.0854. The van der Waals surface area contributed by atoms with Crippen molar-refractivity contribution in [3.63, 3.8) is 0 Å². The van der Waals surface area contributed by atoms with Gasteiger partial charge >= 0.3 is 5.97 Å². The molecule has 4 aliphatic rings. The highest BCUT2D eigenvalue weighted by molar-refractivity contribution is 5.76. The Hall–Kier alpha value is -1.99. The fraction of sp³-hybridized carbons (Fsp3) is 0.632. The fourth-order valence-electron chi connectivity index (χ4n) is 4.20. The van der Waals surface area contributed by atoms with Crippen LogP contribution in [0.15, 0.2) is 37.0 Å². The molecule has 0 radical (unpaired) electrons. The van der Waals surface area contributed by atoms with Crippen molar-refractivity contribution in [3.8, 4) is 0 Å². The number of hydrogen-bond acceptors (Lipinski definition) is 7. The van der Waals surface area contributed by atoms with Crippen molar-refractivity contribution in [3.05, 3.63) is 37.0 Å². The van der Waals surface area contributed by atoms with Crippen molar-refractivity contribution in [1.82, 2.24) is 4.90 Å². The number of hydrogen-bond donors (Lipinski definition) is 1. The minimum absolute atomic E-state index is 0.0241. The molecule has 5 atom stereocenters. The second-order valence-corrected chi connectivity index (χ2v) is 7.65. The number of rotatable bonds is 5. The lowest BCUT2D eigenvalue weighted by molar-refractivity contribution is -0.173. The van der Waals surface area contributed by atoms with Gasteiger partial charge in [-0.1, -0.05) is 18.7 Å². The average Bonchev–Trinajstić information content (AvgIpc) is 3.30. The SMILES string of the molecule is C=C1OCC(C)(C(=O)OCCCN2C(=C)C3C4C=CC(O4)C3C2O)CO1. The van der Waals surface area contributed by atoms with Crippen molar-refractivity contribution in [2.75, 3.05) is 26.4 Å². The Morgan fingerprint density at radius 3 is 2.73 bits per heavy atom. The first kappa shape index (κ1) is 17.4. The van der Waals surface area contributed by atoms with Gasteiger partial charge in [0.25, 0.3) is 5.95 Å². The Morgan fingerprint density at radius 2 is 2.04 bits per heavy atom. The number of nitrogens with zero attached hydrogens (tertiary/aromatic N) is 1. The van der Waals surface area contributed by atoms with Gasteiger partial charge in [0.2, 0.25) is 0 Å². The average molecular weight is 363 g/mol. The van der Waals surface area contributed by atoms with Crippen molar-refractivity contribution in [2.24, 2.45) is 17.3 Å². The minimum atomic E-state index is -0.822. The molecule has 4 rings (SSSR count). The van der Waals surface area contributed by atoms with E-state index in [9.17, 15) is 9.90 Å². The van der Waals surface area contributed by atoms with E-state index in [2.05, 4.69) is 19.2 Å². The van der Waals surface area contributed by atoms with Gasteiger partial charge in [0.1, 0.15) is 24.9 Å². The van der Waals surface area contributed by atoms with E-state index in [1.165, 1.54) is 0 Å². The van der Waals surface area contributed by atoms with Gasteiger partial charge in [-0.2, -0.15) is 0 Å². The molecule has 2 bridgehead atoms. The van der Waals surface area contributed by atoms with E-state index in [1.54, 1.807) is 6.92 Å². The molecule has 1 N–H and O–H groups in total. The van der Waals surface area contributed by atoms with E-state index in [-0.39, 0.29) is 55.8 Å². The third kappa shape index (κ3) is 2.70. The zero-order valence-corrected chi connectivity index (χ0v) is 14.9. The molecule has 3 saturated heterocycles. The van der Waals surface area contributed by atoms with Crippen LogP contribution in [0, 0.1) is 17.3 Å². The monoisotopic (exact) mass is 363 g/mol. The van der Waals surface area contributed by atoms with Gasteiger partial charge in [0.05, 0.1) is 18.8 Å². The topological polar surface area (TPSA) is 77.5 Å². The standard InChI is InChI=1S/C19H25NO6/c1-11-15-13-5-6-14(26-13)16(15)17(21)20(11)7-4-8-23-18(22)19(3)9-24-12(2)25-10-19/h5-6,13-17,21H,1-2,4,7-10H2,3H3. The molecule has 0 aromatic carbocycles. The predicted octanol–water partition coefficient (Wildman–Crippen LogP) is 1.16. The molecule has 3 fully saturated rings. The molecule has 0 aliphatic carbocycles. The first-order valence-electron chi connectivity index (χ1n) is 9.00. The summed E-state index contributed by atoms with van der Waals surface area (Å²) in [6.45, 7) is 10.7. The second kappa shape index (κ2) is 6.32. The van der Waals surface area contributed by atoms with Crippen LogP contribution in [-0.2, 0) is 23.7 Å². The van der Waals surface area contributed by atoms with Crippen molar-refractivity contribution >= 4 is 5.97 Å². The van der Waals surface area contributed by atoms with E-state index < -0.39 is 11.6 Å². The number of aliphatic hydroxyl groups is 1. The summed E-state index contributed by atoms with van der Waals surface area (Å²) in [6.07, 6.45) is 4.08. The van der Waals surface area contributed by atoms with E-state index >= 15 is 0 Å². The molecular formula is C19H25NO6. The van der Waals surface area contributed by atoms with Crippen LogP contribution in [-0.4, -0.2) is 60.8 Å². The van der Waals surface area contributed by atoms with Crippen LogP contribution >= 0.6 is 0 Å². The Bertz CT molecular complexity index is 648. The Kier molecular flexibility index (Phi) is 4.23. The van der Waals surface area contributed by atoms with Crippen LogP contribution in [0.25, 0.3) is 0 Å². The lowest BCUT2D eigenvalue weighted by Crippen LogP contribution is -2.42. The number of carbonyl (C=O) groups is 1. The molecule has 0 spiro atoms. The lowest BCUT2D eigenvalue weighted by Gasteiger charge is -2.32. The molecular weight excluding hydrogens is 338 g/mol. The fourth-order valence-corrected chi connectivity index (χ4v) is 4.20. The van der Waals surface area contributed by atoms with Crippen LogP contribution in [0.3, 0.4) is 0 Å². The quantitative estimate of drug-likeness (QED) is 0.446. The summed E-state index contributed by atoms with van der Waals surface area (Å²) in [5.74, 6) is 0.0720. The maximum absolute atomic E-state index is 12.3. The van der Waals surface area contributed by atoms with Gasteiger partial charge in [-0.15, -0.1) is 0 Å². The van der Waals surface area contributed by atoms with Crippen LogP contribution in [0.5, 0.6) is 0 Å². The molecule has 26 heavy (non-hydrogen) atoms. The van der Waals surface area contributed by atoms with Gasteiger partial charge in [0.15, 0.2) is 0 Å². The largest absolute Gasteiger partial charge is 0.465 e. The van der Waals surface area contributed by atoms with E-state index in [4.69, 9.17) is 18.9 Å². The highest BCUT2D eigenvalue weighted by atomic mass is 16.7.